The predicted molar refractivity (Wildman–Crippen MR) is 93.7 cm³/mol. The fourth-order valence-electron chi connectivity index (χ4n) is 3.85. The Morgan fingerprint density at radius 3 is 2.50 bits per heavy atom. The Kier molecular flexibility index (Phi) is 4.24. The minimum absolute atomic E-state index is 0. The number of phenols is 2. The van der Waals surface area contributed by atoms with Crippen molar-refractivity contribution < 1.29 is 19.7 Å². The van der Waals surface area contributed by atoms with Crippen LogP contribution in [0.1, 0.15) is 22.7 Å². The van der Waals surface area contributed by atoms with Crippen molar-refractivity contribution in [1.82, 2.24) is 5.32 Å². The van der Waals surface area contributed by atoms with Crippen molar-refractivity contribution in [2.75, 3.05) is 20.8 Å². The highest BCUT2D eigenvalue weighted by atomic mass is 35.5. The molecular formula is C18H20ClNO4. The fraction of sp³-hybridized carbons (Fsp3) is 0.333. The summed E-state index contributed by atoms with van der Waals surface area (Å²) in [6, 6.07) is 5.56. The van der Waals surface area contributed by atoms with E-state index < -0.39 is 0 Å². The fourth-order valence-corrected chi connectivity index (χ4v) is 3.85. The Morgan fingerprint density at radius 1 is 1.04 bits per heavy atom. The Hall–Kier alpha value is -2.11. The number of halogens is 1. The van der Waals surface area contributed by atoms with E-state index in [1.165, 1.54) is 12.7 Å². The van der Waals surface area contributed by atoms with Gasteiger partial charge in [0.05, 0.1) is 14.2 Å². The average Bonchev–Trinajstić information content (AvgIpc) is 2.54. The van der Waals surface area contributed by atoms with Gasteiger partial charge in [-0.1, -0.05) is 0 Å². The van der Waals surface area contributed by atoms with E-state index in [2.05, 4.69) is 5.32 Å². The van der Waals surface area contributed by atoms with Crippen molar-refractivity contribution in [3.8, 4) is 34.1 Å². The molecule has 2 aromatic carbocycles. The van der Waals surface area contributed by atoms with E-state index in [-0.39, 0.29) is 29.9 Å². The SMILES string of the molecule is COc1cc2c(cc1O)CC1NCCc3cc(O)c(OC)c-2c31.Cl. The van der Waals surface area contributed by atoms with Gasteiger partial charge in [0.25, 0.3) is 0 Å². The Morgan fingerprint density at radius 2 is 1.79 bits per heavy atom. The molecule has 2 aliphatic rings. The molecule has 6 heteroatoms. The van der Waals surface area contributed by atoms with Crippen molar-refractivity contribution in [2.24, 2.45) is 0 Å². The highest BCUT2D eigenvalue weighted by Crippen LogP contribution is 2.52. The van der Waals surface area contributed by atoms with Gasteiger partial charge in [-0.2, -0.15) is 0 Å². The molecule has 0 aromatic heterocycles. The molecular weight excluding hydrogens is 330 g/mol. The van der Waals surface area contributed by atoms with Crippen molar-refractivity contribution in [2.45, 2.75) is 18.9 Å². The Labute approximate surface area is 146 Å². The maximum absolute atomic E-state index is 10.4. The van der Waals surface area contributed by atoms with E-state index in [9.17, 15) is 10.2 Å². The first-order valence-electron chi connectivity index (χ1n) is 7.70. The predicted octanol–water partition coefficient (Wildman–Crippen LogP) is 2.95. The first kappa shape index (κ1) is 16.7. The van der Waals surface area contributed by atoms with Gasteiger partial charge in [0.1, 0.15) is 0 Å². The van der Waals surface area contributed by atoms with Crippen LogP contribution in [0.2, 0.25) is 0 Å². The summed E-state index contributed by atoms with van der Waals surface area (Å²) in [6.45, 7) is 0.875. The molecule has 1 atom stereocenters. The number of hydrogen-bond acceptors (Lipinski definition) is 5. The van der Waals surface area contributed by atoms with Crippen molar-refractivity contribution in [3.05, 3.63) is 34.9 Å². The molecule has 4 rings (SSSR count). The number of methoxy groups -OCH3 is 2. The molecule has 0 spiro atoms. The average molecular weight is 350 g/mol. The maximum atomic E-state index is 10.4. The quantitative estimate of drug-likeness (QED) is 0.777. The smallest absolute Gasteiger partial charge is 0.168 e. The van der Waals surface area contributed by atoms with Crippen LogP contribution in [0.15, 0.2) is 18.2 Å². The number of nitrogens with one attached hydrogen (secondary N) is 1. The number of rotatable bonds is 2. The lowest BCUT2D eigenvalue weighted by molar-refractivity contribution is 0.368. The molecule has 3 N–H and O–H groups in total. The monoisotopic (exact) mass is 349 g/mol. The van der Waals surface area contributed by atoms with E-state index in [0.717, 1.165) is 41.6 Å². The summed E-state index contributed by atoms with van der Waals surface area (Å²) in [5.74, 6) is 1.18. The highest BCUT2D eigenvalue weighted by molar-refractivity contribution is 5.85. The first-order valence-corrected chi connectivity index (χ1v) is 7.70. The first-order chi connectivity index (χ1) is 11.1. The molecule has 5 nitrogen and oxygen atoms in total. The largest absolute Gasteiger partial charge is 0.504 e. The van der Waals surface area contributed by atoms with Crippen LogP contribution in [0.4, 0.5) is 0 Å². The summed E-state index contributed by atoms with van der Waals surface area (Å²) in [5, 5.41) is 24.0. The van der Waals surface area contributed by atoms with Crippen LogP contribution in [0, 0.1) is 0 Å². The van der Waals surface area contributed by atoms with Gasteiger partial charge < -0.3 is 25.0 Å². The van der Waals surface area contributed by atoms with E-state index >= 15 is 0 Å². The minimum Gasteiger partial charge on any atom is -0.504 e. The number of phenolic OH excluding ortho intramolecular Hbond substituents is 2. The standard InChI is InChI=1S/C18H19NO4.ClH/c1-22-15-8-11-10(7-13(15)20)5-12-16-9(3-4-19-12)6-14(21)18(23-2)17(11)16;/h6-8,12,19-21H,3-5H2,1-2H3;1H. The number of ether oxygens (including phenoxy) is 2. The Balaban J connectivity index is 0.00000169. The van der Waals surface area contributed by atoms with Gasteiger partial charge in [0.2, 0.25) is 0 Å². The summed E-state index contributed by atoms with van der Waals surface area (Å²) in [7, 11) is 3.10. The second-order valence-electron chi connectivity index (χ2n) is 6.02. The number of benzene rings is 2. The molecule has 0 amide bonds. The molecule has 1 unspecified atom stereocenters. The number of hydrogen-bond donors (Lipinski definition) is 3. The van der Waals surface area contributed by atoms with Crippen molar-refractivity contribution >= 4 is 12.4 Å². The second kappa shape index (κ2) is 6.07. The minimum atomic E-state index is 0. The molecule has 0 bridgehead atoms. The molecule has 0 fully saturated rings. The van der Waals surface area contributed by atoms with Crippen LogP contribution in [0.5, 0.6) is 23.0 Å². The lowest BCUT2D eigenvalue weighted by Gasteiger charge is -2.35. The van der Waals surface area contributed by atoms with Gasteiger partial charge >= 0.3 is 0 Å². The van der Waals surface area contributed by atoms with Crippen LogP contribution in [-0.2, 0) is 12.8 Å². The normalized spacial score (nSPS) is 17.3. The van der Waals surface area contributed by atoms with Gasteiger partial charge in [-0.25, -0.2) is 0 Å². The van der Waals surface area contributed by atoms with Crippen LogP contribution >= 0.6 is 12.4 Å². The third kappa shape index (κ3) is 2.27. The van der Waals surface area contributed by atoms with Crippen molar-refractivity contribution in [3.63, 3.8) is 0 Å². The summed E-state index contributed by atoms with van der Waals surface area (Å²) < 4.78 is 10.8. The molecule has 1 heterocycles. The molecule has 1 aliphatic heterocycles. The van der Waals surface area contributed by atoms with Crippen molar-refractivity contribution in [1.29, 1.82) is 0 Å². The zero-order chi connectivity index (χ0) is 16.1. The van der Waals surface area contributed by atoms with E-state index in [1.54, 1.807) is 13.2 Å². The molecule has 2 aromatic rings. The third-order valence-corrected chi connectivity index (χ3v) is 4.82. The van der Waals surface area contributed by atoms with E-state index in [4.69, 9.17) is 9.47 Å². The zero-order valence-corrected chi connectivity index (χ0v) is 14.4. The second-order valence-corrected chi connectivity index (χ2v) is 6.02. The Bertz CT molecular complexity index is 806. The zero-order valence-electron chi connectivity index (χ0n) is 13.5. The maximum Gasteiger partial charge on any atom is 0.168 e. The molecule has 0 radical (unpaired) electrons. The van der Waals surface area contributed by atoms with Crippen LogP contribution in [0.25, 0.3) is 11.1 Å². The molecule has 0 saturated carbocycles. The summed E-state index contributed by atoms with van der Waals surface area (Å²) >= 11 is 0. The number of aromatic hydroxyl groups is 2. The molecule has 0 saturated heterocycles. The van der Waals surface area contributed by atoms with Crippen LogP contribution in [-0.4, -0.2) is 31.0 Å². The van der Waals surface area contributed by atoms with E-state index in [1.807, 2.05) is 12.1 Å². The number of fused-ring (bicyclic) bond motifs is 2. The van der Waals surface area contributed by atoms with Crippen LogP contribution < -0.4 is 14.8 Å². The van der Waals surface area contributed by atoms with Gasteiger partial charge in [-0.15, -0.1) is 12.4 Å². The summed E-state index contributed by atoms with van der Waals surface area (Å²) in [4.78, 5) is 0. The lowest BCUT2D eigenvalue weighted by atomic mass is 9.77. The van der Waals surface area contributed by atoms with Gasteiger partial charge in [0, 0.05) is 11.6 Å². The topological polar surface area (TPSA) is 71.0 Å². The highest BCUT2D eigenvalue weighted by Gasteiger charge is 2.34. The summed E-state index contributed by atoms with van der Waals surface area (Å²) in [5.41, 5.74) is 5.21. The lowest BCUT2D eigenvalue weighted by Crippen LogP contribution is -2.33. The summed E-state index contributed by atoms with van der Waals surface area (Å²) in [6.07, 6.45) is 1.67. The molecule has 128 valence electrons. The van der Waals surface area contributed by atoms with Gasteiger partial charge in [0.15, 0.2) is 23.0 Å². The van der Waals surface area contributed by atoms with Gasteiger partial charge in [-0.05, 0) is 59.8 Å². The van der Waals surface area contributed by atoms with Crippen LogP contribution in [0.3, 0.4) is 0 Å². The molecule has 1 aliphatic carbocycles. The molecule has 24 heavy (non-hydrogen) atoms. The van der Waals surface area contributed by atoms with Gasteiger partial charge in [-0.3, -0.25) is 0 Å². The van der Waals surface area contributed by atoms with E-state index in [0.29, 0.717) is 11.5 Å². The third-order valence-electron chi connectivity index (χ3n) is 4.82.